The second kappa shape index (κ2) is 7.98. The highest BCUT2D eigenvalue weighted by atomic mass is 35.5. The fourth-order valence-electron chi connectivity index (χ4n) is 2.19. The van der Waals surface area contributed by atoms with E-state index in [-0.39, 0.29) is 5.82 Å². The van der Waals surface area contributed by atoms with E-state index in [1.165, 1.54) is 6.07 Å². The van der Waals surface area contributed by atoms with E-state index in [4.69, 9.17) is 23.2 Å². The van der Waals surface area contributed by atoms with Crippen LogP contribution in [-0.4, -0.2) is 23.4 Å². The van der Waals surface area contributed by atoms with Gasteiger partial charge in [-0.1, -0.05) is 25.4 Å². The van der Waals surface area contributed by atoms with Crippen molar-refractivity contribution in [2.24, 2.45) is 0 Å². The standard InChI is InChI=1S/C14H20Cl2FN/c1-3-13(4-2)18(8-7-15)10-11-9-12(16)5-6-14(11)17/h5-6,9,13H,3-4,7-8,10H2,1-2H3. The van der Waals surface area contributed by atoms with Crippen molar-refractivity contribution in [2.75, 3.05) is 12.4 Å². The van der Waals surface area contributed by atoms with Crippen molar-refractivity contribution >= 4 is 23.2 Å². The van der Waals surface area contributed by atoms with Crippen molar-refractivity contribution in [2.45, 2.75) is 39.3 Å². The molecule has 4 heteroatoms. The smallest absolute Gasteiger partial charge is 0.127 e. The van der Waals surface area contributed by atoms with Crippen LogP contribution >= 0.6 is 23.2 Å². The molecule has 0 aromatic heterocycles. The van der Waals surface area contributed by atoms with Crippen LogP contribution in [0, 0.1) is 5.82 Å². The maximum absolute atomic E-state index is 13.7. The first kappa shape index (κ1) is 15.7. The molecule has 1 aromatic rings. The fraction of sp³-hybridized carbons (Fsp3) is 0.571. The number of hydrogen-bond donors (Lipinski definition) is 0. The zero-order chi connectivity index (χ0) is 13.5. The van der Waals surface area contributed by atoms with E-state index in [0.29, 0.717) is 29.1 Å². The average molecular weight is 292 g/mol. The molecule has 0 saturated heterocycles. The van der Waals surface area contributed by atoms with Crippen LogP contribution in [-0.2, 0) is 6.54 Å². The molecule has 0 bridgehead atoms. The molecular formula is C14H20Cl2FN. The lowest BCUT2D eigenvalue weighted by Crippen LogP contribution is -2.35. The Morgan fingerprint density at radius 2 is 1.94 bits per heavy atom. The molecule has 0 aliphatic rings. The van der Waals surface area contributed by atoms with Crippen molar-refractivity contribution in [3.8, 4) is 0 Å². The number of alkyl halides is 1. The van der Waals surface area contributed by atoms with Crippen molar-refractivity contribution in [3.63, 3.8) is 0 Å². The molecule has 0 saturated carbocycles. The van der Waals surface area contributed by atoms with E-state index in [2.05, 4.69) is 18.7 Å². The van der Waals surface area contributed by atoms with Gasteiger partial charge in [-0.3, -0.25) is 4.90 Å². The van der Waals surface area contributed by atoms with Gasteiger partial charge >= 0.3 is 0 Å². The van der Waals surface area contributed by atoms with Crippen LogP contribution in [0.5, 0.6) is 0 Å². The minimum atomic E-state index is -0.204. The Morgan fingerprint density at radius 1 is 1.28 bits per heavy atom. The monoisotopic (exact) mass is 291 g/mol. The topological polar surface area (TPSA) is 3.24 Å². The summed E-state index contributed by atoms with van der Waals surface area (Å²) in [5, 5.41) is 0.571. The van der Waals surface area contributed by atoms with Crippen LogP contribution < -0.4 is 0 Å². The highest BCUT2D eigenvalue weighted by molar-refractivity contribution is 6.30. The zero-order valence-electron chi connectivity index (χ0n) is 10.9. The average Bonchev–Trinajstić information content (AvgIpc) is 2.35. The maximum Gasteiger partial charge on any atom is 0.127 e. The second-order valence-electron chi connectivity index (χ2n) is 4.37. The summed E-state index contributed by atoms with van der Waals surface area (Å²) in [7, 11) is 0. The summed E-state index contributed by atoms with van der Waals surface area (Å²) in [6, 6.07) is 5.12. The Balaban J connectivity index is 2.85. The summed E-state index contributed by atoms with van der Waals surface area (Å²) in [5.41, 5.74) is 0.638. The van der Waals surface area contributed by atoms with Gasteiger partial charge in [0.05, 0.1) is 0 Å². The number of halogens is 3. The molecule has 0 atom stereocenters. The van der Waals surface area contributed by atoms with E-state index in [0.717, 1.165) is 19.4 Å². The van der Waals surface area contributed by atoms with Crippen LogP contribution in [0.1, 0.15) is 32.3 Å². The molecule has 102 valence electrons. The van der Waals surface area contributed by atoms with Gasteiger partial charge in [-0.25, -0.2) is 4.39 Å². The Bertz CT molecular complexity index is 367. The third-order valence-corrected chi connectivity index (χ3v) is 3.62. The van der Waals surface area contributed by atoms with Gasteiger partial charge in [-0.2, -0.15) is 0 Å². The van der Waals surface area contributed by atoms with Gasteiger partial charge in [0.15, 0.2) is 0 Å². The predicted molar refractivity (Wildman–Crippen MR) is 76.9 cm³/mol. The Hall–Kier alpha value is -0.310. The number of hydrogen-bond acceptors (Lipinski definition) is 1. The van der Waals surface area contributed by atoms with Gasteiger partial charge in [0.1, 0.15) is 5.82 Å². The Morgan fingerprint density at radius 3 is 2.50 bits per heavy atom. The van der Waals surface area contributed by atoms with E-state index in [1.807, 2.05) is 0 Å². The van der Waals surface area contributed by atoms with Crippen molar-refractivity contribution in [1.82, 2.24) is 4.90 Å². The Labute approximate surface area is 119 Å². The number of nitrogens with zero attached hydrogens (tertiary/aromatic N) is 1. The molecule has 18 heavy (non-hydrogen) atoms. The van der Waals surface area contributed by atoms with Crippen LogP contribution in [0.15, 0.2) is 18.2 Å². The fourth-order valence-corrected chi connectivity index (χ4v) is 2.60. The second-order valence-corrected chi connectivity index (χ2v) is 5.18. The molecular weight excluding hydrogens is 272 g/mol. The van der Waals surface area contributed by atoms with Gasteiger partial charge in [0, 0.05) is 35.6 Å². The zero-order valence-corrected chi connectivity index (χ0v) is 12.4. The minimum Gasteiger partial charge on any atom is -0.295 e. The molecule has 0 spiro atoms. The van der Waals surface area contributed by atoms with E-state index >= 15 is 0 Å². The molecule has 0 heterocycles. The van der Waals surface area contributed by atoms with Gasteiger partial charge in [-0.05, 0) is 31.0 Å². The van der Waals surface area contributed by atoms with Gasteiger partial charge in [-0.15, -0.1) is 11.6 Å². The lowest BCUT2D eigenvalue weighted by Gasteiger charge is -2.30. The number of rotatable bonds is 7. The molecule has 0 N–H and O–H groups in total. The largest absolute Gasteiger partial charge is 0.295 e. The summed E-state index contributed by atoms with van der Waals surface area (Å²) in [6.45, 7) is 5.61. The first-order valence-corrected chi connectivity index (χ1v) is 7.27. The van der Waals surface area contributed by atoms with Gasteiger partial charge in [0.25, 0.3) is 0 Å². The van der Waals surface area contributed by atoms with E-state index in [1.54, 1.807) is 12.1 Å². The summed E-state index contributed by atoms with van der Waals surface area (Å²) in [4.78, 5) is 2.22. The van der Waals surface area contributed by atoms with Gasteiger partial charge < -0.3 is 0 Å². The van der Waals surface area contributed by atoms with E-state index < -0.39 is 0 Å². The van der Waals surface area contributed by atoms with Crippen LogP contribution in [0.2, 0.25) is 5.02 Å². The maximum atomic E-state index is 13.7. The molecule has 1 aromatic carbocycles. The molecule has 0 unspecified atom stereocenters. The molecule has 0 fully saturated rings. The Kier molecular flexibility index (Phi) is 6.98. The van der Waals surface area contributed by atoms with Crippen molar-refractivity contribution < 1.29 is 4.39 Å². The molecule has 0 aliphatic carbocycles. The molecule has 0 aliphatic heterocycles. The van der Waals surface area contributed by atoms with Gasteiger partial charge in [0.2, 0.25) is 0 Å². The molecule has 0 amide bonds. The predicted octanol–water partition coefficient (Wildman–Crippen LogP) is 4.71. The van der Waals surface area contributed by atoms with Crippen LogP contribution in [0.4, 0.5) is 4.39 Å². The summed E-state index contributed by atoms with van der Waals surface area (Å²) in [5.74, 6) is 0.350. The third kappa shape index (κ3) is 4.42. The van der Waals surface area contributed by atoms with Crippen LogP contribution in [0.3, 0.4) is 0 Å². The number of benzene rings is 1. The molecule has 1 nitrogen and oxygen atoms in total. The first-order chi connectivity index (χ1) is 8.62. The SMILES string of the molecule is CCC(CC)N(CCCl)Cc1cc(Cl)ccc1F. The lowest BCUT2D eigenvalue weighted by atomic mass is 10.1. The highest BCUT2D eigenvalue weighted by Gasteiger charge is 2.16. The summed E-state index contributed by atoms with van der Waals surface area (Å²) in [6.07, 6.45) is 2.07. The quantitative estimate of drug-likeness (QED) is 0.658. The minimum absolute atomic E-state index is 0.204. The summed E-state index contributed by atoms with van der Waals surface area (Å²) < 4.78 is 13.7. The molecule has 1 rings (SSSR count). The highest BCUT2D eigenvalue weighted by Crippen LogP contribution is 2.19. The third-order valence-electron chi connectivity index (χ3n) is 3.21. The first-order valence-electron chi connectivity index (χ1n) is 6.36. The normalized spacial score (nSPS) is 11.5. The summed E-state index contributed by atoms with van der Waals surface area (Å²) >= 11 is 11.7. The van der Waals surface area contributed by atoms with E-state index in [9.17, 15) is 4.39 Å². The van der Waals surface area contributed by atoms with Crippen molar-refractivity contribution in [3.05, 3.63) is 34.6 Å². The lowest BCUT2D eigenvalue weighted by molar-refractivity contribution is 0.186. The molecule has 0 radical (unpaired) electrons. The van der Waals surface area contributed by atoms with Crippen LogP contribution in [0.25, 0.3) is 0 Å². The van der Waals surface area contributed by atoms with Crippen molar-refractivity contribution in [1.29, 1.82) is 0 Å².